The lowest BCUT2D eigenvalue weighted by molar-refractivity contribution is -0.150. The van der Waals surface area contributed by atoms with Crippen molar-refractivity contribution in [2.24, 2.45) is 5.41 Å². The van der Waals surface area contributed by atoms with Crippen LogP contribution in [0.5, 0.6) is 0 Å². The molecule has 29 heavy (non-hydrogen) atoms. The molecule has 3 aromatic rings. The second-order valence-electron chi connectivity index (χ2n) is 7.96. The molecule has 1 amide bonds. The van der Waals surface area contributed by atoms with Crippen LogP contribution in [0.3, 0.4) is 0 Å². The van der Waals surface area contributed by atoms with Gasteiger partial charge in [0.25, 0.3) is 5.91 Å². The highest BCUT2D eigenvalue weighted by molar-refractivity contribution is 7.11. The number of likely N-dealkylation sites (tertiary alicyclic amines) is 1. The number of fused-ring (bicyclic) bond motifs is 1. The lowest BCUT2D eigenvalue weighted by Gasteiger charge is -2.36. The molecular weight excluding hydrogens is 388 g/mol. The van der Waals surface area contributed by atoms with E-state index in [2.05, 4.69) is 14.5 Å². The van der Waals surface area contributed by atoms with Crippen molar-refractivity contribution < 1.29 is 14.3 Å². The number of esters is 1. The predicted octanol–water partition coefficient (Wildman–Crippen LogP) is 3.04. The highest BCUT2D eigenvalue weighted by Crippen LogP contribution is 2.44. The minimum Gasteiger partial charge on any atom is -0.460 e. The van der Waals surface area contributed by atoms with Gasteiger partial charge in [0.2, 0.25) is 0 Å². The molecule has 8 heteroatoms. The van der Waals surface area contributed by atoms with Crippen LogP contribution < -0.4 is 0 Å². The van der Waals surface area contributed by atoms with Gasteiger partial charge in [-0.2, -0.15) is 0 Å². The number of ether oxygens (including phenoxy) is 1. The molecule has 1 spiro atoms. The van der Waals surface area contributed by atoms with Gasteiger partial charge in [-0.05, 0) is 31.9 Å². The van der Waals surface area contributed by atoms with Crippen LogP contribution in [0.1, 0.15) is 34.6 Å². The van der Waals surface area contributed by atoms with Crippen LogP contribution in [0, 0.1) is 12.3 Å². The first-order valence-corrected chi connectivity index (χ1v) is 10.7. The van der Waals surface area contributed by atoms with E-state index >= 15 is 0 Å². The Hall–Kier alpha value is -2.74. The summed E-state index contributed by atoms with van der Waals surface area (Å²) in [6, 6.07) is 7.96. The molecule has 7 nitrogen and oxygen atoms in total. The van der Waals surface area contributed by atoms with E-state index in [-0.39, 0.29) is 18.0 Å². The highest BCUT2D eigenvalue weighted by Gasteiger charge is 2.51. The number of carbonyl (C=O) groups is 2. The zero-order valence-electron chi connectivity index (χ0n) is 16.2. The molecular formula is C21H22N4O3S. The molecule has 2 fully saturated rings. The van der Waals surface area contributed by atoms with Gasteiger partial charge in [-0.1, -0.05) is 12.1 Å². The number of para-hydroxylation sites is 2. The molecule has 5 rings (SSSR count). The number of aryl methyl sites for hydroxylation is 1. The van der Waals surface area contributed by atoms with Gasteiger partial charge >= 0.3 is 5.97 Å². The molecule has 2 aliphatic heterocycles. The second kappa shape index (κ2) is 6.95. The summed E-state index contributed by atoms with van der Waals surface area (Å²) in [5.74, 6) is -0.0966. The number of rotatable bonds is 3. The fraction of sp³-hybridized carbons (Fsp3) is 0.429. The number of piperidine rings is 1. The Kier molecular flexibility index (Phi) is 4.38. The molecule has 0 radical (unpaired) electrons. The van der Waals surface area contributed by atoms with Gasteiger partial charge in [0.1, 0.15) is 11.0 Å². The summed E-state index contributed by atoms with van der Waals surface area (Å²) in [5.41, 5.74) is 3.99. The topological polar surface area (TPSA) is 77.3 Å². The maximum absolute atomic E-state index is 12.8. The van der Waals surface area contributed by atoms with E-state index in [0.717, 1.165) is 16.7 Å². The van der Waals surface area contributed by atoms with Crippen LogP contribution in [-0.2, 0) is 16.1 Å². The molecule has 4 heterocycles. The number of benzene rings is 1. The van der Waals surface area contributed by atoms with E-state index in [0.29, 0.717) is 43.8 Å². The van der Waals surface area contributed by atoms with Crippen molar-refractivity contribution >= 4 is 34.2 Å². The number of imidazole rings is 1. The van der Waals surface area contributed by atoms with E-state index in [1.807, 2.05) is 42.4 Å². The smallest absolute Gasteiger partial charge is 0.312 e. The molecule has 2 saturated heterocycles. The van der Waals surface area contributed by atoms with E-state index in [4.69, 9.17) is 4.74 Å². The third-order valence-electron chi connectivity index (χ3n) is 6.20. The monoisotopic (exact) mass is 410 g/mol. The molecule has 1 unspecified atom stereocenters. The van der Waals surface area contributed by atoms with Crippen molar-refractivity contribution in [3.05, 3.63) is 46.7 Å². The SMILES string of the molecule is Cc1ncsc1C(=O)N1CCC2(CC1)CC(Cn1cnc3ccccc31)OC2=O. The summed E-state index contributed by atoms with van der Waals surface area (Å²) < 4.78 is 7.82. The standard InChI is InChI=1S/C21H22N4O3S/c1-14-18(29-13-23-14)19(26)24-8-6-21(7-9-24)10-15(28-20(21)27)11-25-12-22-16-4-2-3-5-17(16)25/h2-5,12-13,15H,6-11H2,1H3. The van der Waals surface area contributed by atoms with Crippen molar-refractivity contribution in [2.45, 2.75) is 38.8 Å². The fourth-order valence-electron chi connectivity index (χ4n) is 4.51. The molecule has 0 saturated carbocycles. The lowest BCUT2D eigenvalue weighted by atomic mass is 9.76. The molecule has 2 aromatic heterocycles. The molecule has 0 aliphatic carbocycles. The summed E-state index contributed by atoms with van der Waals surface area (Å²) in [5, 5.41) is 0. The molecule has 1 aromatic carbocycles. The Balaban J connectivity index is 1.26. The lowest BCUT2D eigenvalue weighted by Crippen LogP contribution is -2.45. The summed E-state index contributed by atoms with van der Waals surface area (Å²) in [4.78, 5) is 36.6. The number of hydrogen-bond acceptors (Lipinski definition) is 6. The largest absolute Gasteiger partial charge is 0.460 e. The Labute approximate surface area is 172 Å². The molecule has 2 aliphatic rings. The summed E-state index contributed by atoms with van der Waals surface area (Å²) in [6.07, 6.45) is 3.64. The van der Waals surface area contributed by atoms with Gasteiger partial charge in [0.15, 0.2) is 0 Å². The van der Waals surface area contributed by atoms with Crippen LogP contribution in [0.4, 0.5) is 0 Å². The van der Waals surface area contributed by atoms with Gasteiger partial charge in [0.05, 0.1) is 40.5 Å². The molecule has 150 valence electrons. The van der Waals surface area contributed by atoms with Crippen molar-refractivity contribution in [3.8, 4) is 0 Å². The summed E-state index contributed by atoms with van der Waals surface area (Å²) in [6.45, 7) is 3.61. The second-order valence-corrected chi connectivity index (χ2v) is 8.81. The van der Waals surface area contributed by atoms with E-state index in [1.165, 1.54) is 11.3 Å². The van der Waals surface area contributed by atoms with E-state index in [9.17, 15) is 9.59 Å². The van der Waals surface area contributed by atoms with E-state index < -0.39 is 5.41 Å². The van der Waals surface area contributed by atoms with Crippen molar-refractivity contribution in [1.29, 1.82) is 0 Å². The molecule has 0 N–H and O–H groups in total. The van der Waals surface area contributed by atoms with Crippen LogP contribution in [0.25, 0.3) is 11.0 Å². The number of nitrogens with zero attached hydrogens (tertiary/aromatic N) is 4. The highest BCUT2D eigenvalue weighted by atomic mass is 32.1. The van der Waals surface area contributed by atoms with Crippen LogP contribution in [0.15, 0.2) is 36.1 Å². The average Bonchev–Trinajstić information content (AvgIpc) is 3.41. The number of cyclic esters (lactones) is 1. The quantitative estimate of drug-likeness (QED) is 0.620. The van der Waals surface area contributed by atoms with Crippen LogP contribution in [0.2, 0.25) is 0 Å². The Morgan fingerprint density at radius 2 is 2.07 bits per heavy atom. The van der Waals surface area contributed by atoms with Crippen molar-refractivity contribution in [1.82, 2.24) is 19.4 Å². The van der Waals surface area contributed by atoms with Crippen molar-refractivity contribution in [2.75, 3.05) is 13.1 Å². The number of amides is 1. The molecule has 1 atom stereocenters. The van der Waals surface area contributed by atoms with Crippen LogP contribution in [-0.4, -0.2) is 50.5 Å². The number of hydrogen-bond donors (Lipinski definition) is 0. The maximum Gasteiger partial charge on any atom is 0.312 e. The van der Waals surface area contributed by atoms with Gasteiger partial charge in [0, 0.05) is 19.5 Å². The zero-order chi connectivity index (χ0) is 20.0. The van der Waals surface area contributed by atoms with Gasteiger partial charge in [-0.3, -0.25) is 9.59 Å². The van der Waals surface area contributed by atoms with Gasteiger partial charge < -0.3 is 14.2 Å². The Bertz CT molecular complexity index is 1080. The minimum atomic E-state index is -0.472. The zero-order valence-corrected chi connectivity index (χ0v) is 17.0. The average molecular weight is 410 g/mol. The third-order valence-corrected chi connectivity index (χ3v) is 7.12. The summed E-state index contributed by atoms with van der Waals surface area (Å²) >= 11 is 1.38. The summed E-state index contributed by atoms with van der Waals surface area (Å²) in [7, 11) is 0. The first-order chi connectivity index (χ1) is 14.1. The third kappa shape index (κ3) is 3.11. The Morgan fingerprint density at radius 3 is 2.83 bits per heavy atom. The van der Waals surface area contributed by atoms with Crippen LogP contribution >= 0.6 is 11.3 Å². The van der Waals surface area contributed by atoms with Gasteiger partial charge in [-0.25, -0.2) is 9.97 Å². The molecule has 0 bridgehead atoms. The minimum absolute atomic E-state index is 0.0210. The Morgan fingerprint density at radius 1 is 1.28 bits per heavy atom. The van der Waals surface area contributed by atoms with Gasteiger partial charge in [-0.15, -0.1) is 11.3 Å². The fourth-order valence-corrected chi connectivity index (χ4v) is 5.28. The first kappa shape index (κ1) is 18.3. The van der Waals surface area contributed by atoms with E-state index in [1.54, 1.807) is 5.51 Å². The number of thiazole rings is 1. The number of aromatic nitrogens is 3. The first-order valence-electron chi connectivity index (χ1n) is 9.86. The van der Waals surface area contributed by atoms with Crippen molar-refractivity contribution in [3.63, 3.8) is 0 Å². The number of carbonyl (C=O) groups excluding carboxylic acids is 2. The normalized spacial score (nSPS) is 21.1. The predicted molar refractivity (Wildman–Crippen MR) is 109 cm³/mol. The maximum atomic E-state index is 12.8.